The quantitative estimate of drug-likeness (QED) is 0.197. The van der Waals surface area contributed by atoms with Crippen molar-refractivity contribution in [3.8, 4) is 0 Å². The second kappa shape index (κ2) is 12.5. The Morgan fingerprint density at radius 1 is 0.920 bits per heavy atom. The van der Waals surface area contributed by atoms with Crippen molar-refractivity contribution < 1.29 is 9.53 Å². The molecular formula is C23H42O2. The SMILES string of the molecule is CC(=O)OCCCCCCCCCCCCC1=C(C)CCCC1(C)C. The van der Waals surface area contributed by atoms with Crippen molar-refractivity contribution in [2.75, 3.05) is 6.61 Å². The fourth-order valence-corrected chi connectivity index (χ4v) is 4.26. The Bertz CT molecular complexity index is 406. The zero-order valence-corrected chi connectivity index (χ0v) is 17.4. The van der Waals surface area contributed by atoms with Gasteiger partial charge < -0.3 is 4.74 Å². The van der Waals surface area contributed by atoms with Gasteiger partial charge in [0.15, 0.2) is 0 Å². The number of hydrogen-bond acceptors (Lipinski definition) is 2. The van der Waals surface area contributed by atoms with Gasteiger partial charge in [-0.05, 0) is 50.9 Å². The third kappa shape index (κ3) is 10.1. The highest BCUT2D eigenvalue weighted by molar-refractivity contribution is 5.65. The third-order valence-electron chi connectivity index (χ3n) is 5.81. The summed E-state index contributed by atoms with van der Waals surface area (Å²) >= 11 is 0. The number of unbranched alkanes of at least 4 members (excludes halogenated alkanes) is 9. The lowest BCUT2D eigenvalue weighted by molar-refractivity contribution is -0.141. The van der Waals surface area contributed by atoms with E-state index in [1.807, 2.05) is 0 Å². The summed E-state index contributed by atoms with van der Waals surface area (Å²) in [5, 5.41) is 0. The summed E-state index contributed by atoms with van der Waals surface area (Å²) in [5.41, 5.74) is 3.91. The molecule has 25 heavy (non-hydrogen) atoms. The summed E-state index contributed by atoms with van der Waals surface area (Å²) in [6.45, 7) is 9.33. The van der Waals surface area contributed by atoms with Crippen LogP contribution in [0.5, 0.6) is 0 Å². The molecule has 0 spiro atoms. The predicted molar refractivity (Wildman–Crippen MR) is 108 cm³/mol. The highest BCUT2D eigenvalue weighted by Gasteiger charge is 2.27. The van der Waals surface area contributed by atoms with Crippen LogP contribution in [0, 0.1) is 5.41 Å². The van der Waals surface area contributed by atoms with Gasteiger partial charge in [-0.15, -0.1) is 0 Å². The van der Waals surface area contributed by atoms with Crippen molar-refractivity contribution in [1.29, 1.82) is 0 Å². The maximum atomic E-state index is 10.6. The van der Waals surface area contributed by atoms with Gasteiger partial charge in [0.1, 0.15) is 0 Å². The Morgan fingerprint density at radius 3 is 1.96 bits per heavy atom. The second-order valence-electron chi connectivity index (χ2n) is 8.62. The van der Waals surface area contributed by atoms with Crippen LogP contribution < -0.4 is 0 Å². The first-order valence-electron chi connectivity index (χ1n) is 10.8. The molecule has 0 aromatic rings. The summed E-state index contributed by atoms with van der Waals surface area (Å²) in [6.07, 6.45) is 18.6. The number of allylic oxidation sites excluding steroid dienone is 2. The van der Waals surface area contributed by atoms with Gasteiger partial charge in [-0.3, -0.25) is 4.79 Å². The van der Waals surface area contributed by atoms with Gasteiger partial charge in [0, 0.05) is 6.92 Å². The van der Waals surface area contributed by atoms with Gasteiger partial charge in [-0.1, -0.05) is 76.4 Å². The van der Waals surface area contributed by atoms with Crippen molar-refractivity contribution >= 4 is 5.97 Å². The van der Waals surface area contributed by atoms with Gasteiger partial charge in [-0.2, -0.15) is 0 Å². The monoisotopic (exact) mass is 350 g/mol. The van der Waals surface area contributed by atoms with E-state index in [1.165, 1.54) is 90.4 Å². The molecule has 0 unspecified atom stereocenters. The highest BCUT2D eigenvalue weighted by Crippen LogP contribution is 2.42. The summed E-state index contributed by atoms with van der Waals surface area (Å²) in [6, 6.07) is 0. The van der Waals surface area contributed by atoms with Crippen LogP contribution in [-0.2, 0) is 9.53 Å². The molecule has 2 nitrogen and oxygen atoms in total. The Balaban J connectivity index is 1.91. The van der Waals surface area contributed by atoms with Crippen LogP contribution >= 0.6 is 0 Å². The van der Waals surface area contributed by atoms with Gasteiger partial charge in [0.2, 0.25) is 0 Å². The van der Waals surface area contributed by atoms with E-state index >= 15 is 0 Å². The van der Waals surface area contributed by atoms with Crippen molar-refractivity contribution in [3.63, 3.8) is 0 Å². The average Bonchev–Trinajstić information content (AvgIpc) is 2.53. The molecule has 0 N–H and O–H groups in total. The fraction of sp³-hybridized carbons (Fsp3) is 0.870. The van der Waals surface area contributed by atoms with E-state index in [4.69, 9.17) is 4.74 Å². The van der Waals surface area contributed by atoms with Gasteiger partial charge >= 0.3 is 5.97 Å². The number of carbonyl (C=O) groups is 1. The topological polar surface area (TPSA) is 26.3 Å². The van der Waals surface area contributed by atoms with Gasteiger partial charge in [-0.25, -0.2) is 0 Å². The second-order valence-corrected chi connectivity index (χ2v) is 8.62. The molecule has 0 bridgehead atoms. The van der Waals surface area contributed by atoms with Crippen LogP contribution in [0.25, 0.3) is 0 Å². The molecule has 2 heteroatoms. The lowest BCUT2D eigenvalue weighted by Crippen LogP contribution is -2.20. The normalized spacial score (nSPS) is 17.0. The Hall–Kier alpha value is -0.790. The van der Waals surface area contributed by atoms with Gasteiger partial charge in [0.25, 0.3) is 0 Å². The minimum Gasteiger partial charge on any atom is -0.466 e. The molecule has 1 aliphatic carbocycles. The molecule has 0 aromatic heterocycles. The first kappa shape index (κ1) is 22.3. The van der Waals surface area contributed by atoms with Gasteiger partial charge in [0.05, 0.1) is 6.61 Å². The molecule has 0 radical (unpaired) electrons. The standard InChI is InChI=1S/C23H42O2/c1-20-16-15-18-23(3,4)22(20)17-13-11-9-7-5-6-8-10-12-14-19-25-21(2)24/h5-19H2,1-4H3. The molecule has 0 aliphatic heterocycles. The van der Waals surface area contributed by atoms with Crippen molar-refractivity contribution in [1.82, 2.24) is 0 Å². The fourth-order valence-electron chi connectivity index (χ4n) is 4.26. The van der Waals surface area contributed by atoms with Crippen LogP contribution in [0.15, 0.2) is 11.1 Å². The molecule has 0 aromatic carbocycles. The van der Waals surface area contributed by atoms with Crippen LogP contribution in [0.2, 0.25) is 0 Å². The van der Waals surface area contributed by atoms with Crippen LogP contribution in [0.4, 0.5) is 0 Å². The molecule has 0 heterocycles. The smallest absolute Gasteiger partial charge is 0.302 e. The summed E-state index contributed by atoms with van der Waals surface area (Å²) in [5.74, 6) is -0.154. The lowest BCUT2D eigenvalue weighted by atomic mass is 9.71. The average molecular weight is 351 g/mol. The molecule has 0 atom stereocenters. The van der Waals surface area contributed by atoms with Crippen molar-refractivity contribution in [2.24, 2.45) is 5.41 Å². The van der Waals surface area contributed by atoms with E-state index in [-0.39, 0.29) is 5.97 Å². The Kier molecular flexibility index (Phi) is 11.2. The van der Waals surface area contributed by atoms with E-state index in [0.717, 1.165) is 6.42 Å². The molecule has 146 valence electrons. The number of esters is 1. The summed E-state index contributed by atoms with van der Waals surface area (Å²) in [4.78, 5) is 10.6. The molecule has 1 rings (SSSR count). The van der Waals surface area contributed by atoms with E-state index in [9.17, 15) is 4.79 Å². The highest BCUT2D eigenvalue weighted by atomic mass is 16.5. The molecule has 0 saturated carbocycles. The Morgan fingerprint density at radius 2 is 1.44 bits per heavy atom. The summed E-state index contributed by atoms with van der Waals surface area (Å²) < 4.78 is 4.95. The Labute approximate surface area is 156 Å². The van der Waals surface area contributed by atoms with E-state index in [2.05, 4.69) is 20.8 Å². The minimum absolute atomic E-state index is 0.154. The largest absolute Gasteiger partial charge is 0.466 e. The predicted octanol–water partition coefficient (Wildman–Crippen LogP) is 7.37. The van der Waals surface area contributed by atoms with Crippen LogP contribution in [0.3, 0.4) is 0 Å². The van der Waals surface area contributed by atoms with Crippen molar-refractivity contribution in [2.45, 2.75) is 118 Å². The molecular weight excluding hydrogens is 308 g/mol. The molecule has 0 amide bonds. The number of rotatable bonds is 13. The number of carbonyl (C=O) groups excluding carboxylic acids is 1. The number of ether oxygens (including phenoxy) is 1. The zero-order chi connectivity index (χ0) is 18.5. The van der Waals surface area contributed by atoms with E-state index < -0.39 is 0 Å². The molecule has 1 aliphatic rings. The van der Waals surface area contributed by atoms with E-state index in [1.54, 1.807) is 11.1 Å². The van der Waals surface area contributed by atoms with E-state index in [0.29, 0.717) is 12.0 Å². The third-order valence-corrected chi connectivity index (χ3v) is 5.81. The summed E-state index contributed by atoms with van der Waals surface area (Å²) in [7, 11) is 0. The van der Waals surface area contributed by atoms with Crippen LogP contribution in [0.1, 0.15) is 118 Å². The zero-order valence-electron chi connectivity index (χ0n) is 17.4. The van der Waals surface area contributed by atoms with Crippen molar-refractivity contribution in [3.05, 3.63) is 11.1 Å². The first-order chi connectivity index (χ1) is 11.9. The lowest BCUT2D eigenvalue weighted by Gasteiger charge is -2.34. The van der Waals surface area contributed by atoms with Crippen LogP contribution in [-0.4, -0.2) is 12.6 Å². The first-order valence-corrected chi connectivity index (χ1v) is 10.8. The maximum absolute atomic E-state index is 10.6. The minimum atomic E-state index is -0.154. The number of hydrogen-bond donors (Lipinski definition) is 0. The molecule has 0 saturated heterocycles. The molecule has 0 fully saturated rings. The maximum Gasteiger partial charge on any atom is 0.302 e.